The first-order valence-corrected chi connectivity index (χ1v) is 5.11. The summed E-state index contributed by atoms with van der Waals surface area (Å²) in [6.45, 7) is 4.95. The third-order valence-electron chi connectivity index (χ3n) is 2.48. The van der Waals surface area contributed by atoms with Crippen LogP contribution >= 0.6 is 0 Å². The minimum absolute atomic E-state index is 0.812. The van der Waals surface area contributed by atoms with Gasteiger partial charge in [-0.3, -0.25) is 0 Å². The quantitative estimate of drug-likeness (QED) is 0.734. The molecule has 0 bridgehead atoms. The Bertz CT molecular complexity index is 483. The molecule has 2 rings (SSSR count). The van der Waals surface area contributed by atoms with Gasteiger partial charge in [0.05, 0.1) is 0 Å². The van der Waals surface area contributed by atoms with Gasteiger partial charge in [0.1, 0.15) is 5.82 Å². The zero-order chi connectivity index (χ0) is 10.8. The number of nitrogen functional groups attached to an aromatic ring is 1. The maximum absolute atomic E-state index is 5.97. The second kappa shape index (κ2) is 3.77. The van der Waals surface area contributed by atoms with Crippen molar-refractivity contribution in [1.82, 2.24) is 4.98 Å². The SMILES string of the molecule is CCNc1ncc(C)c2c(N)cccc12. The number of aryl methyl sites for hydroxylation is 1. The summed E-state index contributed by atoms with van der Waals surface area (Å²) in [5.41, 5.74) is 7.89. The largest absolute Gasteiger partial charge is 0.398 e. The molecule has 2 aromatic rings. The van der Waals surface area contributed by atoms with Gasteiger partial charge >= 0.3 is 0 Å². The van der Waals surface area contributed by atoms with Gasteiger partial charge in [-0.2, -0.15) is 0 Å². The van der Waals surface area contributed by atoms with Crippen LogP contribution in [0.3, 0.4) is 0 Å². The number of anilines is 2. The zero-order valence-corrected chi connectivity index (χ0v) is 9.04. The Morgan fingerprint density at radius 3 is 2.93 bits per heavy atom. The standard InChI is InChI=1S/C12H15N3/c1-3-14-12-9-5-4-6-10(13)11(9)8(2)7-15-12/h4-7H,3,13H2,1-2H3,(H,14,15). The van der Waals surface area contributed by atoms with E-state index in [2.05, 4.69) is 17.2 Å². The summed E-state index contributed by atoms with van der Waals surface area (Å²) in [5, 5.41) is 5.43. The first-order chi connectivity index (χ1) is 7.24. The molecule has 0 aliphatic heterocycles. The number of nitrogens with one attached hydrogen (secondary N) is 1. The van der Waals surface area contributed by atoms with Gasteiger partial charge in [-0.15, -0.1) is 0 Å². The molecular weight excluding hydrogens is 186 g/mol. The van der Waals surface area contributed by atoms with Gasteiger partial charge in [-0.05, 0) is 25.5 Å². The van der Waals surface area contributed by atoms with Gasteiger partial charge < -0.3 is 11.1 Å². The third-order valence-corrected chi connectivity index (χ3v) is 2.48. The van der Waals surface area contributed by atoms with E-state index in [-0.39, 0.29) is 0 Å². The molecule has 3 N–H and O–H groups in total. The molecule has 0 fully saturated rings. The van der Waals surface area contributed by atoms with Gasteiger partial charge in [0, 0.05) is 29.2 Å². The van der Waals surface area contributed by atoms with Gasteiger partial charge in [0.25, 0.3) is 0 Å². The number of pyridine rings is 1. The van der Waals surface area contributed by atoms with Crippen LogP contribution in [0.2, 0.25) is 0 Å². The van der Waals surface area contributed by atoms with Crippen molar-refractivity contribution in [1.29, 1.82) is 0 Å². The molecule has 0 atom stereocenters. The third kappa shape index (κ3) is 1.61. The number of hydrogen-bond acceptors (Lipinski definition) is 3. The van der Waals surface area contributed by atoms with E-state index in [0.29, 0.717) is 0 Å². The fourth-order valence-electron chi connectivity index (χ4n) is 1.81. The molecule has 0 unspecified atom stereocenters. The monoisotopic (exact) mass is 201 g/mol. The van der Waals surface area contributed by atoms with E-state index >= 15 is 0 Å². The Balaban J connectivity index is 2.76. The Morgan fingerprint density at radius 2 is 2.20 bits per heavy atom. The number of nitrogens with zero attached hydrogens (tertiary/aromatic N) is 1. The van der Waals surface area contributed by atoms with Crippen LogP contribution in [0.15, 0.2) is 24.4 Å². The summed E-state index contributed by atoms with van der Waals surface area (Å²) < 4.78 is 0. The van der Waals surface area contributed by atoms with Crippen LogP contribution in [0.25, 0.3) is 10.8 Å². The number of aromatic nitrogens is 1. The maximum Gasteiger partial charge on any atom is 0.133 e. The number of benzene rings is 1. The first-order valence-electron chi connectivity index (χ1n) is 5.11. The molecule has 0 saturated carbocycles. The number of nitrogens with two attached hydrogens (primary N) is 1. The van der Waals surface area contributed by atoms with Crippen molar-refractivity contribution in [2.75, 3.05) is 17.6 Å². The second-order valence-electron chi connectivity index (χ2n) is 3.59. The van der Waals surface area contributed by atoms with Crippen LogP contribution in [-0.4, -0.2) is 11.5 Å². The summed E-state index contributed by atoms with van der Waals surface area (Å²) in [6, 6.07) is 5.92. The van der Waals surface area contributed by atoms with Crippen molar-refractivity contribution < 1.29 is 0 Å². The van der Waals surface area contributed by atoms with Gasteiger partial charge in [0.15, 0.2) is 0 Å². The number of hydrogen-bond donors (Lipinski definition) is 2. The minimum Gasteiger partial charge on any atom is -0.398 e. The molecule has 0 aliphatic rings. The lowest BCUT2D eigenvalue weighted by atomic mass is 10.1. The fraction of sp³-hybridized carbons (Fsp3) is 0.250. The molecule has 3 nitrogen and oxygen atoms in total. The van der Waals surface area contributed by atoms with Crippen molar-refractivity contribution in [2.45, 2.75) is 13.8 Å². The lowest BCUT2D eigenvalue weighted by molar-refractivity contribution is 1.16. The van der Waals surface area contributed by atoms with Crippen molar-refractivity contribution in [3.63, 3.8) is 0 Å². The molecule has 0 spiro atoms. The molecule has 3 heteroatoms. The highest BCUT2D eigenvalue weighted by Gasteiger charge is 2.06. The molecule has 1 heterocycles. The summed E-state index contributed by atoms with van der Waals surface area (Å²) in [7, 11) is 0. The Labute approximate surface area is 89.3 Å². The van der Waals surface area contributed by atoms with Gasteiger partial charge in [-0.25, -0.2) is 4.98 Å². The van der Waals surface area contributed by atoms with E-state index in [0.717, 1.165) is 34.4 Å². The predicted molar refractivity (Wildman–Crippen MR) is 65.1 cm³/mol. The summed E-state index contributed by atoms with van der Waals surface area (Å²) >= 11 is 0. The molecule has 15 heavy (non-hydrogen) atoms. The molecule has 1 aromatic heterocycles. The van der Waals surface area contributed by atoms with Crippen LogP contribution in [0.1, 0.15) is 12.5 Å². The second-order valence-corrected chi connectivity index (χ2v) is 3.59. The van der Waals surface area contributed by atoms with Crippen molar-refractivity contribution in [2.24, 2.45) is 0 Å². The summed E-state index contributed by atoms with van der Waals surface area (Å²) in [4.78, 5) is 4.37. The average molecular weight is 201 g/mol. The highest BCUT2D eigenvalue weighted by molar-refractivity contribution is 6.01. The van der Waals surface area contributed by atoms with E-state index in [1.54, 1.807) is 0 Å². The molecule has 0 saturated heterocycles. The van der Waals surface area contributed by atoms with Crippen molar-refractivity contribution >= 4 is 22.3 Å². The zero-order valence-electron chi connectivity index (χ0n) is 9.04. The topological polar surface area (TPSA) is 50.9 Å². The molecule has 0 amide bonds. The van der Waals surface area contributed by atoms with Crippen LogP contribution in [-0.2, 0) is 0 Å². The fourth-order valence-corrected chi connectivity index (χ4v) is 1.81. The molecule has 1 aromatic carbocycles. The Morgan fingerprint density at radius 1 is 1.40 bits per heavy atom. The molecular formula is C12H15N3. The molecule has 0 aliphatic carbocycles. The van der Waals surface area contributed by atoms with E-state index in [9.17, 15) is 0 Å². The molecule has 78 valence electrons. The smallest absolute Gasteiger partial charge is 0.133 e. The van der Waals surface area contributed by atoms with E-state index in [1.807, 2.05) is 31.3 Å². The summed E-state index contributed by atoms with van der Waals surface area (Å²) in [6.07, 6.45) is 1.86. The van der Waals surface area contributed by atoms with Crippen LogP contribution in [0, 0.1) is 6.92 Å². The Kier molecular flexibility index (Phi) is 2.46. The van der Waals surface area contributed by atoms with Crippen LogP contribution < -0.4 is 11.1 Å². The minimum atomic E-state index is 0.812. The van der Waals surface area contributed by atoms with Gasteiger partial charge in [-0.1, -0.05) is 12.1 Å². The number of fused-ring (bicyclic) bond motifs is 1. The van der Waals surface area contributed by atoms with Gasteiger partial charge in [0.2, 0.25) is 0 Å². The summed E-state index contributed by atoms with van der Waals surface area (Å²) in [5.74, 6) is 0.908. The Hall–Kier alpha value is -1.77. The van der Waals surface area contributed by atoms with Crippen molar-refractivity contribution in [3.8, 4) is 0 Å². The van der Waals surface area contributed by atoms with Crippen LogP contribution in [0.5, 0.6) is 0 Å². The lowest BCUT2D eigenvalue weighted by Gasteiger charge is -2.10. The highest BCUT2D eigenvalue weighted by atomic mass is 15.0. The van der Waals surface area contributed by atoms with E-state index in [4.69, 9.17) is 5.73 Å². The lowest BCUT2D eigenvalue weighted by Crippen LogP contribution is -2.01. The normalized spacial score (nSPS) is 10.5. The van der Waals surface area contributed by atoms with Crippen molar-refractivity contribution in [3.05, 3.63) is 30.0 Å². The predicted octanol–water partition coefficient (Wildman–Crippen LogP) is 2.56. The van der Waals surface area contributed by atoms with E-state index < -0.39 is 0 Å². The van der Waals surface area contributed by atoms with E-state index in [1.165, 1.54) is 0 Å². The maximum atomic E-state index is 5.97. The molecule has 0 radical (unpaired) electrons. The number of rotatable bonds is 2. The average Bonchev–Trinajstić information content (AvgIpc) is 2.22. The van der Waals surface area contributed by atoms with Crippen LogP contribution in [0.4, 0.5) is 11.5 Å². The highest BCUT2D eigenvalue weighted by Crippen LogP contribution is 2.28. The first kappa shape index (κ1) is 9.77.